The van der Waals surface area contributed by atoms with Crippen LogP contribution in [0.15, 0.2) is 42.5 Å². The Bertz CT molecular complexity index is 1020. The molecule has 1 unspecified atom stereocenters. The summed E-state index contributed by atoms with van der Waals surface area (Å²) in [6.45, 7) is 3.62. The summed E-state index contributed by atoms with van der Waals surface area (Å²) in [6.07, 6.45) is -0.0326. The number of ketones is 1. The van der Waals surface area contributed by atoms with Crippen LogP contribution in [0.25, 0.3) is 5.69 Å². The summed E-state index contributed by atoms with van der Waals surface area (Å²) in [4.78, 5) is 12.7. The maximum atomic E-state index is 13.1. The second-order valence-corrected chi connectivity index (χ2v) is 6.61. The molecule has 0 spiro atoms. The average Bonchev–Trinajstić information content (AvgIpc) is 3.16. The van der Waals surface area contributed by atoms with Gasteiger partial charge in [0.2, 0.25) is 0 Å². The third kappa shape index (κ3) is 3.18. The van der Waals surface area contributed by atoms with Crippen LogP contribution in [0.3, 0.4) is 0 Å². The molecule has 0 fully saturated rings. The Hall–Kier alpha value is -2.84. The lowest BCUT2D eigenvalue weighted by molar-refractivity contribution is 0.0987. The average molecular weight is 365 g/mol. The van der Waals surface area contributed by atoms with Crippen LogP contribution in [0, 0.1) is 12.7 Å². The van der Waals surface area contributed by atoms with Crippen LogP contribution in [-0.4, -0.2) is 32.9 Å². The molecule has 136 valence electrons. The van der Waals surface area contributed by atoms with E-state index >= 15 is 0 Å². The van der Waals surface area contributed by atoms with Gasteiger partial charge in [-0.2, -0.15) is 0 Å². The summed E-state index contributed by atoms with van der Waals surface area (Å²) in [5.41, 5.74) is 3.88. The van der Waals surface area contributed by atoms with E-state index in [0.29, 0.717) is 16.8 Å². The molecule has 27 heavy (non-hydrogen) atoms. The third-order valence-electron chi connectivity index (χ3n) is 4.78. The van der Waals surface area contributed by atoms with Crippen molar-refractivity contribution in [3.8, 4) is 5.69 Å². The van der Waals surface area contributed by atoms with Crippen molar-refractivity contribution in [2.24, 2.45) is 0 Å². The normalized spacial score (nSPS) is 15.9. The number of aromatic nitrogens is 3. The zero-order valence-electron chi connectivity index (χ0n) is 14.9. The second kappa shape index (κ2) is 6.72. The predicted molar refractivity (Wildman–Crippen MR) is 97.6 cm³/mol. The van der Waals surface area contributed by atoms with Gasteiger partial charge in [0.05, 0.1) is 17.5 Å². The van der Waals surface area contributed by atoms with Gasteiger partial charge in [0.25, 0.3) is 0 Å². The topological polar surface area (TPSA) is 77.2 Å². The largest absolute Gasteiger partial charge is 0.491 e. The first-order valence-electron chi connectivity index (χ1n) is 8.61. The number of carbonyl (C=O) groups excluding carboxylic acids is 1. The van der Waals surface area contributed by atoms with E-state index in [-0.39, 0.29) is 29.8 Å². The lowest BCUT2D eigenvalue weighted by Crippen LogP contribution is -2.28. The van der Waals surface area contributed by atoms with Crippen LogP contribution in [0.2, 0.25) is 0 Å². The lowest BCUT2D eigenvalue weighted by atomic mass is 9.78. The van der Waals surface area contributed by atoms with E-state index in [4.69, 9.17) is 4.65 Å². The molecule has 0 bridgehead atoms. The fraction of sp³-hybridized carbons (Fsp3) is 0.211. The van der Waals surface area contributed by atoms with Crippen molar-refractivity contribution in [3.05, 3.63) is 70.8 Å². The number of fused-ring (bicyclic) bond motifs is 1. The minimum atomic E-state index is -0.967. The number of hydrogen-bond donors (Lipinski definition) is 1. The van der Waals surface area contributed by atoms with Crippen LogP contribution in [0.1, 0.15) is 40.3 Å². The second-order valence-electron chi connectivity index (χ2n) is 6.61. The molecule has 1 atom stereocenters. The quantitative estimate of drug-likeness (QED) is 0.565. The van der Waals surface area contributed by atoms with Crippen molar-refractivity contribution >= 4 is 18.4 Å². The molecule has 1 aliphatic rings. The maximum Gasteiger partial charge on any atom is 0.491 e. The van der Waals surface area contributed by atoms with Crippen LogP contribution in [0.5, 0.6) is 0 Å². The Labute approximate surface area is 155 Å². The summed E-state index contributed by atoms with van der Waals surface area (Å²) in [7, 11) is -0.967. The molecule has 1 aromatic heterocycles. The highest BCUT2D eigenvalue weighted by Gasteiger charge is 2.32. The first-order valence-corrected chi connectivity index (χ1v) is 8.61. The highest BCUT2D eigenvalue weighted by atomic mass is 19.1. The van der Waals surface area contributed by atoms with Crippen molar-refractivity contribution in [2.45, 2.75) is 26.4 Å². The zero-order valence-corrected chi connectivity index (χ0v) is 14.9. The maximum absolute atomic E-state index is 13.1. The van der Waals surface area contributed by atoms with Gasteiger partial charge >= 0.3 is 7.12 Å². The molecule has 4 rings (SSSR count). The predicted octanol–water partition coefficient (Wildman–Crippen LogP) is 1.92. The van der Waals surface area contributed by atoms with E-state index in [1.165, 1.54) is 16.8 Å². The van der Waals surface area contributed by atoms with Crippen LogP contribution >= 0.6 is 0 Å². The summed E-state index contributed by atoms with van der Waals surface area (Å²) >= 11 is 0. The molecule has 3 aromatic rings. The van der Waals surface area contributed by atoms with Gasteiger partial charge in [-0.1, -0.05) is 23.4 Å². The SMILES string of the molecule is Cc1c(C(=O)Cc2ccc3c(c2)B(O)OC3C)nnn1-c1ccc(F)cc1. The zero-order chi connectivity index (χ0) is 19.1. The number of rotatable bonds is 4. The molecule has 0 aliphatic carbocycles. The van der Waals surface area contributed by atoms with Crippen molar-refractivity contribution in [1.82, 2.24) is 15.0 Å². The van der Waals surface area contributed by atoms with Gasteiger partial charge in [0.15, 0.2) is 11.5 Å². The Morgan fingerprint density at radius 3 is 2.78 bits per heavy atom. The number of nitrogens with zero attached hydrogens (tertiary/aromatic N) is 3. The van der Waals surface area contributed by atoms with E-state index in [1.54, 1.807) is 25.1 Å². The van der Waals surface area contributed by atoms with E-state index < -0.39 is 7.12 Å². The van der Waals surface area contributed by atoms with Gasteiger partial charge in [-0.25, -0.2) is 9.07 Å². The minimum absolute atomic E-state index is 0.136. The standard InChI is InChI=1S/C19H17BFN3O3/c1-11-19(22-23-24(11)15-6-4-14(21)5-7-15)18(25)10-13-3-8-16-12(2)27-20(26)17(16)9-13/h3-9,12,26H,10H2,1-2H3. The minimum Gasteiger partial charge on any atom is -0.423 e. The van der Waals surface area contributed by atoms with Crippen LogP contribution in [0.4, 0.5) is 4.39 Å². The smallest absolute Gasteiger partial charge is 0.423 e. The third-order valence-corrected chi connectivity index (χ3v) is 4.78. The molecular weight excluding hydrogens is 348 g/mol. The lowest BCUT2D eigenvalue weighted by Gasteiger charge is -2.06. The number of benzene rings is 2. The van der Waals surface area contributed by atoms with Crippen molar-refractivity contribution in [1.29, 1.82) is 0 Å². The van der Waals surface area contributed by atoms with Crippen molar-refractivity contribution in [2.75, 3.05) is 0 Å². The van der Waals surface area contributed by atoms with Gasteiger partial charge in [0.1, 0.15) is 5.82 Å². The summed E-state index contributed by atoms with van der Waals surface area (Å²) < 4.78 is 20.0. The fourth-order valence-corrected chi connectivity index (χ4v) is 3.34. The summed E-state index contributed by atoms with van der Waals surface area (Å²) in [5.74, 6) is -0.521. The Morgan fingerprint density at radius 1 is 1.30 bits per heavy atom. The molecule has 0 amide bonds. The molecule has 0 saturated heterocycles. The molecule has 6 nitrogen and oxygen atoms in total. The Balaban J connectivity index is 1.58. The number of hydrogen-bond acceptors (Lipinski definition) is 5. The molecule has 1 N–H and O–H groups in total. The van der Waals surface area contributed by atoms with Gasteiger partial charge in [0, 0.05) is 6.42 Å². The fourth-order valence-electron chi connectivity index (χ4n) is 3.34. The van der Waals surface area contributed by atoms with E-state index in [0.717, 1.165) is 11.1 Å². The highest BCUT2D eigenvalue weighted by molar-refractivity contribution is 6.61. The van der Waals surface area contributed by atoms with Crippen molar-refractivity contribution in [3.63, 3.8) is 0 Å². The first-order chi connectivity index (χ1) is 12.9. The Morgan fingerprint density at radius 2 is 2.04 bits per heavy atom. The van der Waals surface area contributed by atoms with E-state index in [9.17, 15) is 14.2 Å². The monoisotopic (exact) mass is 365 g/mol. The molecule has 1 aliphatic heterocycles. The first kappa shape index (κ1) is 17.6. The molecule has 2 aromatic carbocycles. The molecular formula is C19H17BFN3O3. The van der Waals surface area contributed by atoms with Gasteiger partial charge in [-0.15, -0.1) is 5.10 Å². The number of Topliss-reactive ketones (excluding diaryl/α,β-unsaturated/α-hetero) is 1. The van der Waals surface area contributed by atoms with Crippen molar-refractivity contribution < 1.29 is 18.9 Å². The van der Waals surface area contributed by atoms with Gasteiger partial charge < -0.3 is 9.68 Å². The van der Waals surface area contributed by atoms with Gasteiger partial charge in [-0.05, 0) is 54.7 Å². The highest BCUT2D eigenvalue weighted by Crippen LogP contribution is 2.23. The molecule has 0 radical (unpaired) electrons. The van der Waals surface area contributed by atoms with E-state index in [1.807, 2.05) is 19.1 Å². The van der Waals surface area contributed by atoms with Crippen LogP contribution in [-0.2, 0) is 11.1 Å². The van der Waals surface area contributed by atoms with E-state index in [2.05, 4.69) is 10.3 Å². The van der Waals surface area contributed by atoms with Crippen LogP contribution < -0.4 is 5.46 Å². The molecule has 8 heteroatoms. The Kier molecular flexibility index (Phi) is 4.37. The summed E-state index contributed by atoms with van der Waals surface area (Å²) in [5, 5.41) is 18.0. The molecule has 2 heterocycles. The number of halogens is 1. The molecule has 0 saturated carbocycles. The number of carbonyl (C=O) groups is 1. The summed E-state index contributed by atoms with van der Waals surface area (Å²) in [6, 6.07) is 11.3. The van der Waals surface area contributed by atoms with Gasteiger partial charge in [-0.3, -0.25) is 4.79 Å².